The molecule has 0 unspecified atom stereocenters. The summed E-state index contributed by atoms with van der Waals surface area (Å²) in [7, 11) is -3.75. The van der Waals surface area contributed by atoms with Crippen molar-refractivity contribution in [3.63, 3.8) is 0 Å². The van der Waals surface area contributed by atoms with Gasteiger partial charge < -0.3 is 15.3 Å². The van der Waals surface area contributed by atoms with E-state index in [-0.39, 0.29) is 31.1 Å². The Balaban J connectivity index is 1.89. The van der Waals surface area contributed by atoms with Crippen molar-refractivity contribution in [2.75, 3.05) is 19.7 Å². The summed E-state index contributed by atoms with van der Waals surface area (Å²) in [6.07, 6.45) is 0.419. The molecule has 0 fully saturated rings. The zero-order valence-electron chi connectivity index (χ0n) is 15.2. The first-order valence-electron chi connectivity index (χ1n) is 8.65. The first-order valence-corrected chi connectivity index (χ1v) is 10.2. The van der Waals surface area contributed by atoms with E-state index in [1.165, 1.54) is 17.0 Å². The van der Waals surface area contributed by atoms with Crippen LogP contribution in [0, 0.1) is 0 Å². The van der Waals surface area contributed by atoms with Crippen molar-refractivity contribution in [3.05, 3.63) is 65.7 Å². The number of aliphatic hydroxyl groups excluding tert-OH is 1. The molecule has 2 aromatic rings. The fourth-order valence-electron chi connectivity index (χ4n) is 2.56. The molecule has 2 rings (SSSR count). The van der Waals surface area contributed by atoms with Crippen molar-refractivity contribution in [1.29, 1.82) is 0 Å². The first-order chi connectivity index (χ1) is 13.3. The number of carbonyl (C=O) groups is 2. The van der Waals surface area contributed by atoms with Gasteiger partial charge in [0.15, 0.2) is 0 Å². The van der Waals surface area contributed by atoms with E-state index < -0.39 is 21.8 Å². The smallest absolute Gasteiger partial charge is 0.312 e. The summed E-state index contributed by atoms with van der Waals surface area (Å²) in [5, 5.41) is 16.8. The summed E-state index contributed by atoms with van der Waals surface area (Å²) in [5.74, 6) is -1.48. The number of rotatable bonds is 8. The molecule has 0 aliphatic heterocycles. The van der Waals surface area contributed by atoms with Crippen LogP contribution in [0.25, 0.3) is 0 Å². The molecular formula is C19H23N3O5S. The van der Waals surface area contributed by atoms with E-state index in [1.54, 1.807) is 12.1 Å². The molecule has 0 heterocycles. The highest BCUT2D eigenvalue weighted by molar-refractivity contribution is 7.89. The third-order valence-electron chi connectivity index (χ3n) is 4.02. The lowest BCUT2D eigenvalue weighted by atomic mass is 10.1. The quantitative estimate of drug-likeness (QED) is 0.533. The molecule has 28 heavy (non-hydrogen) atoms. The van der Waals surface area contributed by atoms with Crippen molar-refractivity contribution in [1.82, 2.24) is 10.2 Å². The van der Waals surface area contributed by atoms with Gasteiger partial charge in [-0.25, -0.2) is 13.6 Å². The highest BCUT2D eigenvalue weighted by Gasteiger charge is 2.21. The number of aliphatic hydroxyl groups is 1. The topological polar surface area (TPSA) is 130 Å². The van der Waals surface area contributed by atoms with Crippen molar-refractivity contribution < 1.29 is 23.1 Å². The Morgan fingerprint density at radius 3 is 2.21 bits per heavy atom. The second-order valence-electron chi connectivity index (χ2n) is 6.13. The van der Waals surface area contributed by atoms with Gasteiger partial charge >= 0.3 is 11.8 Å². The lowest BCUT2D eigenvalue weighted by Crippen LogP contribution is -2.44. The summed E-state index contributed by atoms with van der Waals surface area (Å²) < 4.78 is 22.5. The molecular weight excluding hydrogens is 382 g/mol. The largest absolute Gasteiger partial charge is 0.395 e. The van der Waals surface area contributed by atoms with E-state index in [2.05, 4.69) is 5.32 Å². The van der Waals surface area contributed by atoms with Gasteiger partial charge in [-0.05, 0) is 29.7 Å². The number of carbonyl (C=O) groups excluding carboxylic acids is 2. The Morgan fingerprint density at radius 1 is 1.00 bits per heavy atom. The summed E-state index contributed by atoms with van der Waals surface area (Å²) in [6, 6.07) is 15.2. The lowest BCUT2D eigenvalue weighted by Gasteiger charge is -2.21. The van der Waals surface area contributed by atoms with Gasteiger partial charge in [0.05, 0.1) is 11.5 Å². The number of hydrogen-bond acceptors (Lipinski definition) is 5. The highest BCUT2D eigenvalue weighted by atomic mass is 32.2. The maximum Gasteiger partial charge on any atom is 0.312 e. The maximum atomic E-state index is 12.4. The molecule has 0 radical (unpaired) electrons. The van der Waals surface area contributed by atoms with Crippen LogP contribution in [0.3, 0.4) is 0 Å². The van der Waals surface area contributed by atoms with Crippen LogP contribution in [0.15, 0.2) is 59.5 Å². The minimum absolute atomic E-state index is 0.0102. The van der Waals surface area contributed by atoms with Gasteiger partial charge in [-0.2, -0.15) is 0 Å². The third kappa shape index (κ3) is 6.45. The van der Waals surface area contributed by atoms with Crippen LogP contribution in [0.5, 0.6) is 0 Å². The summed E-state index contributed by atoms with van der Waals surface area (Å²) in [5.41, 5.74) is 1.64. The third-order valence-corrected chi connectivity index (χ3v) is 4.95. The van der Waals surface area contributed by atoms with E-state index in [0.29, 0.717) is 6.42 Å². The second-order valence-corrected chi connectivity index (χ2v) is 7.69. The zero-order chi connectivity index (χ0) is 20.6. The van der Waals surface area contributed by atoms with Crippen LogP contribution in [0.1, 0.15) is 11.1 Å². The van der Waals surface area contributed by atoms with Crippen molar-refractivity contribution in [2.24, 2.45) is 5.14 Å². The average molecular weight is 405 g/mol. The van der Waals surface area contributed by atoms with Crippen LogP contribution in [-0.4, -0.2) is 49.9 Å². The monoisotopic (exact) mass is 405 g/mol. The van der Waals surface area contributed by atoms with Crippen LogP contribution in [-0.2, 0) is 32.6 Å². The number of nitrogens with two attached hydrogens (primary N) is 1. The van der Waals surface area contributed by atoms with Gasteiger partial charge in [-0.1, -0.05) is 42.5 Å². The number of nitrogens with one attached hydrogen (secondary N) is 1. The molecule has 0 aliphatic carbocycles. The standard InChI is InChI=1S/C19H23N3O5S/c20-28(26,27)17-8-6-15(7-9-17)10-11-21-18(24)19(25)22(12-13-23)14-16-4-2-1-3-5-16/h1-9,23H,10-14H2,(H,21,24)(H2,20,26,27). The molecule has 0 spiro atoms. The molecule has 0 saturated carbocycles. The molecule has 4 N–H and O–H groups in total. The summed E-state index contributed by atoms with van der Waals surface area (Å²) in [4.78, 5) is 25.8. The Hall–Kier alpha value is -2.75. The minimum Gasteiger partial charge on any atom is -0.395 e. The van der Waals surface area contributed by atoms with Crippen molar-refractivity contribution in [3.8, 4) is 0 Å². The number of sulfonamides is 1. The summed E-state index contributed by atoms with van der Waals surface area (Å²) >= 11 is 0. The fourth-order valence-corrected chi connectivity index (χ4v) is 3.08. The van der Waals surface area contributed by atoms with Crippen molar-refractivity contribution >= 4 is 21.8 Å². The van der Waals surface area contributed by atoms with Gasteiger partial charge in [0.2, 0.25) is 10.0 Å². The minimum atomic E-state index is -3.75. The molecule has 9 heteroatoms. The molecule has 2 aromatic carbocycles. The van der Waals surface area contributed by atoms with Crippen molar-refractivity contribution in [2.45, 2.75) is 17.9 Å². The number of nitrogens with zero attached hydrogens (tertiary/aromatic N) is 1. The van der Waals surface area contributed by atoms with Crippen LogP contribution in [0.4, 0.5) is 0 Å². The molecule has 8 nitrogen and oxygen atoms in total. The lowest BCUT2D eigenvalue weighted by molar-refractivity contribution is -0.146. The first kappa shape index (κ1) is 21.5. The van der Waals surface area contributed by atoms with Gasteiger partial charge in [0, 0.05) is 19.6 Å². The van der Waals surface area contributed by atoms with E-state index >= 15 is 0 Å². The number of hydrogen-bond donors (Lipinski definition) is 3. The van der Waals surface area contributed by atoms with E-state index in [1.807, 2.05) is 30.3 Å². The second kappa shape index (κ2) is 9.98. The molecule has 0 saturated heterocycles. The maximum absolute atomic E-state index is 12.4. The van der Waals surface area contributed by atoms with Gasteiger partial charge in [0.25, 0.3) is 0 Å². The number of benzene rings is 2. The van der Waals surface area contributed by atoms with Crippen LogP contribution in [0.2, 0.25) is 0 Å². The number of primary sulfonamides is 1. The zero-order valence-corrected chi connectivity index (χ0v) is 16.1. The van der Waals surface area contributed by atoms with E-state index in [0.717, 1.165) is 11.1 Å². The SMILES string of the molecule is NS(=O)(=O)c1ccc(CCNC(=O)C(=O)N(CCO)Cc2ccccc2)cc1. The predicted octanol–water partition coefficient (Wildman–Crippen LogP) is 0.0138. The molecule has 0 atom stereocenters. The van der Waals surface area contributed by atoms with Gasteiger partial charge in [0.1, 0.15) is 0 Å². The molecule has 150 valence electrons. The predicted molar refractivity (Wildman–Crippen MR) is 103 cm³/mol. The van der Waals surface area contributed by atoms with Crippen LogP contribution < -0.4 is 10.5 Å². The van der Waals surface area contributed by atoms with E-state index in [9.17, 15) is 23.1 Å². The highest BCUT2D eigenvalue weighted by Crippen LogP contribution is 2.09. The number of amides is 2. The van der Waals surface area contributed by atoms with Gasteiger partial charge in [-0.3, -0.25) is 9.59 Å². The Bertz CT molecular complexity index is 899. The van der Waals surface area contributed by atoms with Crippen LogP contribution >= 0.6 is 0 Å². The molecule has 0 aromatic heterocycles. The molecule has 2 amide bonds. The average Bonchev–Trinajstić information content (AvgIpc) is 2.67. The Labute approximate surface area is 164 Å². The summed E-state index contributed by atoms with van der Waals surface area (Å²) in [6.45, 7) is 0.235. The Kier molecular flexibility index (Phi) is 7.68. The van der Waals surface area contributed by atoms with E-state index in [4.69, 9.17) is 5.14 Å². The fraction of sp³-hybridized carbons (Fsp3) is 0.263. The normalized spacial score (nSPS) is 11.1. The molecule has 0 aliphatic rings. The van der Waals surface area contributed by atoms with Gasteiger partial charge in [-0.15, -0.1) is 0 Å². The Morgan fingerprint density at radius 2 is 1.64 bits per heavy atom. The molecule has 0 bridgehead atoms.